The van der Waals surface area contributed by atoms with E-state index in [1.54, 1.807) is 25.5 Å². The third-order valence-electron chi connectivity index (χ3n) is 5.67. The molecule has 0 bridgehead atoms. The zero-order valence-electron chi connectivity index (χ0n) is 21.1. The van der Waals surface area contributed by atoms with Crippen molar-refractivity contribution in [2.24, 2.45) is 5.10 Å². The molecule has 0 atom stereocenters. The first-order valence-electron chi connectivity index (χ1n) is 11.5. The van der Waals surface area contributed by atoms with Gasteiger partial charge in [0.2, 0.25) is 0 Å². The Morgan fingerprint density at radius 3 is 2.46 bits per heavy atom. The first-order valence-corrected chi connectivity index (χ1v) is 13.5. The van der Waals surface area contributed by atoms with Crippen molar-refractivity contribution in [3.63, 3.8) is 0 Å². The molecule has 0 fully saturated rings. The lowest BCUT2D eigenvalue weighted by molar-refractivity contribution is 0.284. The minimum Gasteiger partial charge on any atom is -0.493 e. The summed E-state index contributed by atoms with van der Waals surface area (Å²) in [4.78, 5) is 18.2. The number of hydrogen-bond acceptors (Lipinski definition) is 5. The molecule has 1 heterocycles. The van der Waals surface area contributed by atoms with Gasteiger partial charge in [0.05, 0.1) is 24.2 Å². The fourth-order valence-corrected chi connectivity index (χ4v) is 4.70. The summed E-state index contributed by atoms with van der Waals surface area (Å²) in [5.74, 6) is 1.40. The van der Waals surface area contributed by atoms with Crippen LogP contribution < -0.4 is 15.0 Å². The van der Waals surface area contributed by atoms with E-state index in [2.05, 4.69) is 37.0 Å². The van der Waals surface area contributed by atoms with Crippen LogP contribution in [0.5, 0.6) is 11.5 Å². The predicted octanol–water partition coefficient (Wildman–Crippen LogP) is 7.65. The predicted molar refractivity (Wildman–Crippen MR) is 157 cm³/mol. The Labute approximate surface area is 237 Å². The summed E-state index contributed by atoms with van der Waals surface area (Å²) < 4.78 is 14.3. The average Bonchev–Trinajstić information content (AvgIpc) is 2.85. The molecule has 0 N–H and O–H groups in total. The summed E-state index contributed by atoms with van der Waals surface area (Å²) >= 11 is 13.7. The number of ether oxygens (including phenoxy) is 2. The quantitative estimate of drug-likeness (QED) is 0.202. The Morgan fingerprint density at radius 1 is 1.11 bits per heavy atom. The van der Waals surface area contributed by atoms with Crippen molar-refractivity contribution >= 4 is 60.6 Å². The summed E-state index contributed by atoms with van der Waals surface area (Å²) in [6.45, 7) is 8.33. The average molecular weight is 648 g/mol. The molecule has 4 rings (SSSR count). The second-order valence-corrected chi connectivity index (χ2v) is 11.7. The molecule has 0 aliphatic rings. The van der Waals surface area contributed by atoms with Gasteiger partial charge < -0.3 is 9.47 Å². The standard InChI is InChI=1S/C28H26Br2ClN3O3/c1-16-6-8-17(9-7-16)15-37-25-22(36-5)12-18(23(30)24(25)31)14-32-34-26(35)20-13-19(29)10-11-21(20)33-27(34)28(2,3)4/h6-14H,15H2,1-5H3. The summed E-state index contributed by atoms with van der Waals surface area (Å²) in [6.07, 6.45) is 1.56. The largest absolute Gasteiger partial charge is 0.493 e. The Morgan fingerprint density at radius 2 is 1.81 bits per heavy atom. The molecule has 3 aromatic carbocycles. The van der Waals surface area contributed by atoms with Gasteiger partial charge in [-0.25, -0.2) is 4.98 Å². The second-order valence-electron chi connectivity index (χ2n) is 9.61. The van der Waals surface area contributed by atoms with Gasteiger partial charge >= 0.3 is 0 Å². The van der Waals surface area contributed by atoms with E-state index < -0.39 is 5.41 Å². The zero-order valence-corrected chi connectivity index (χ0v) is 25.0. The fraction of sp³-hybridized carbons (Fsp3) is 0.250. The van der Waals surface area contributed by atoms with Crippen molar-refractivity contribution in [3.8, 4) is 11.5 Å². The molecule has 37 heavy (non-hydrogen) atoms. The second kappa shape index (κ2) is 11.0. The van der Waals surface area contributed by atoms with Crippen LogP contribution in [0.4, 0.5) is 0 Å². The van der Waals surface area contributed by atoms with E-state index in [-0.39, 0.29) is 5.56 Å². The zero-order chi connectivity index (χ0) is 26.9. The molecule has 192 valence electrons. The van der Waals surface area contributed by atoms with E-state index in [4.69, 9.17) is 26.1 Å². The maximum atomic E-state index is 13.4. The number of halogens is 3. The fourth-order valence-electron chi connectivity index (χ4n) is 3.69. The first-order chi connectivity index (χ1) is 17.5. The van der Waals surface area contributed by atoms with Gasteiger partial charge in [-0.15, -0.1) is 0 Å². The molecule has 0 aliphatic heterocycles. The number of hydrogen-bond donors (Lipinski definition) is 0. The van der Waals surface area contributed by atoms with Gasteiger partial charge in [-0.05, 0) is 52.7 Å². The van der Waals surface area contributed by atoms with Crippen LogP contribution in [-0.4, -0.2) is 23.0 Å². The lowest BCUT2D eigenvalue weighted by atomic mass is 9.95. The monoisotopic (exact) mass is 645 g/mol. The minimum absolute atomic E-state index is 0.264. The molecular formula is C28H26Br2ClN3O3. The van der Waals surface area contributed by atoms with Crippen LogP contribution in [0.2, 0.25) is 5.02 Å². The molecule has 9 heteroatoms. The lowest BCUT2D eigenvalue weighted by Crippen LogP contribution is -2.29. The number of fused-ring (bicyclic) bond motifs is 1. The molecule has 0 saturated carbocycles. The Balaban J connectivity index is 1.76. The van der Waals surface area contributed by atoms with Crippen LogP contribution in [-0.2, 0) is 12.0 Å². The molecule has 0 spiro atoms. The third-order valence-corrected chi connectivity index (χ3v) is 7.61. The summed E-state index contributed by atoms with van der Waals surface area (Å²) in [7, 11) is 1.55. The van der Waals surface area contributed by atoms with Crippen molar-refractivity contribution in [2.75, 3.05) is 7.11 Å². The molecule has 0 aliphatic carbocycles. The highest BCUT2D eigenvalue weighted by molar-refractivity contribution is 9.10. The van der Waals surface area contributed by atoms with Gasteiger partial charge in [-0.2, -0.15) is 9.78 Å². The molecule has 0 radical (unpaired) electrons. The number of benzene rings is 3. The van der Waals surface area contributed by atoms with E-state index in [1.165, 1.54) is 10.2 Å². The molecule has 4 aromatic rings. The first kappa shape index (κ1) is 27.4. The van der Waals surface area contributed by atoms with Crippen LogP contribution in [0.1, 0.15) is 43.3 Å². The molecule has 0 unspecified atom stereocenters. The van der Waals surface area contributed by atoms with Crippen molar-refractivity contribution in [3.05, 3.63) is 95.4 Å². The normalized spacial score (nSPS) is 11.9. The number of nitrogens with zero attached hydrogens (tertiary/aromatic N) is 3. The maximum absolute atomic E-state index is 13.4. The smallest absolute Gasteiger partial charge is 0.282 e. The third kappa shape index (κ3) is 5.92. The van der Waals surface area contributed by atoms with Crippen LogP contribution >= 0.6 is 43.5 Å². The SMILES string of the molecule is COc1cc(C=Nn2c(C(C)(C)C)nc3ccc(Br)cc3c2=O)c(Br)c(Cl)c1OCc1ccc(C)cc1. The maximum Gasteiger partial charge on any atom is 0.282 e. The van der Waals surface area contributed by atoms with E-state index in [1.807, 2.05) is 64.1 Å². The van der Waals surface area contributed by atoms with Crippen molar-refractivity contribution in [2.45, 2.75) is 39.7 Å². The van der Waals surface area contributed by atoms with Crippen molar-refractivity contribution in [1.29, 1.82) is 0 Å². The van der Waals surface area contributed by atoms with E-state index in [9.17, 15) is 4.79 Å². The number of aryl methyl sites for hydroxylation is 1. The van der Waals surface area contributed by atoms with Gasteiger partial charge in [-0.3, -0.25) is 4.79 Å². The van der Waals surface area contributed by atoms with Gasteiger partial charge in [0.25, 0.3) is 5.56 Å². The minimum atomic E-state index is -0.433. The van der Waals surface area contributed by atoms with E-state index >= 15 is 0 Å². The number of methoxy groups -OCH3 is 1. The highest BCUT2D eigenvalue weighted by Crippen LogP contribution is 2.42. The van der Waals surface area contributed by atoms with Crippen LogP contribution in [0.15, 0.2) is 67.4 Å². The lowest BCUT2D eigenvalue weighted by Gasteiger charge is -2.21. The number of aromatic nitrogens is 2. The van der Waals surface area contributed by atoms with Crippen molar-refractivity contribution in [1.82, 2.24) is 9.66 Å². The highest BCUT2D eigenvalue weighted by Gasteiger charge is 2.23. The molecular weight excluding hydrogens is 622 g/mol. The van der Waals surface area contributed by atoms with Gasteiger partial charge in [0.1, 0.15) is 17.5 Å². The summed E-state index contributed by atoms with van der Waals surface area (Å²) in [5.41, 5.74) is 2.72. The topological polar surface area (TPSA) is 65.7 Å². The molecule has 6 nitrogen and oxygen atoms in total. The van der Waals surface area contributed by atoms with Crippen LogP contribution in [0.3, 0.4) is 0 Å². The van der Waals surface area contributed by atoms with E-state index in [0.29, 0.717) is 49.9 Å². The van der Waals surface area contributed by atoms with Gasteiger partial charge in [-0.1, -0.05) is 78.1 Å². The Kier molecular flexibility index (Phi) is 8.11. The summed E-state index contributed by atoms with van der Waals surface area (Å²) in [6, 6.07) is 15.3. The Bertz CT molecular complexity index is 1560. The summed E-state index contributed by atoms with van der Waals surface area (Å²) in [5, 5.41) is 5.36. The van der Waals surface area contributed by atoms with Gasteiger partial charge in [0, 0.05) is 19.9 Å². The molecule has 1 aromatic heterocycles. The Hall–Kier alpha value is -2.68. The van der Waals surface area contributed by atoms with Gasteiger partial charge in [0.15, 0.2) is 11.5 Å². The highest BCUT2D eigenvalue weighted by atomic mass is 79.9. The van der Waals surface area contributed by atoms with Crippen molar-refractivity contribution < 1.29 is 9.47 Å². The van der Waals surface area contributed by atoms with E-state index in [0.717, 1.165) is 10.0 Å². The number of rotatable bonds is 6. The molecule has 0 amide bonds. The molecule has 0 saturated heterocycles. The van der Waals surface area contributed by atoms with Crippen LogP contribution in [0.25, 0.3) is 10.9 Å². The van der Waals surface area contributed by atoms with Crippen LogP contribution in [0, 0.1) is 6.92 Å².